The van der Waals surface area contributed by atoms with Crippen molar-refractivity contribution in [1.29, 1.82) is 0 Å². The van der Waals surface area contributed by atoms with Crippen LogP contribution in [0.1, 0.15) is 36.6 Å². The minimum Gasteiger partial charge on any atom is -0.370 e. The first-order valence-corrected chi connectivity index (χ1v) is 11.2. The molecule has 0 aliphatic carbocycles. The molecule has 0 bridgehead atoms. The number of nitrogens with zero attached hydrogens (tertiary/aromatic N) is 4. The van der Waals surface area contributed by atoms with Gasteiger partial charge >= 0.3 is 0 Å². The van der Waals surface area contributed by atoms with Crippen molar-refractivity contribution < 1.29 is 4.79 Å². The van der Waals surface area contributed by atoms with Gasteiger partial charge in [0.15, 0.2) is 11.4 Å². The van der Waals surface area contributed by atoms with E-state index in [2.05, 4.69) is 54.0 Å². The summed E-state index contributed by atoms with van der Waals surface area (Å²) in [5.41, 5.74) is 5.34. The Labute approximate surface area is 188 Å². The number of hydrogen-bond donors (Lipinski definition) is 0. The van der Waals surface area contributed by atoms with Crippen LogP contribution in [0.4, 0.5) is 5.69 Å². The van der Waals surface area contributed by atoms with Crippen LogP contribution in [0, 0.1) is 6.92 Å². The highest BCUT2D eigenvalue weighted by molar-refractivity contribution is 6.33. The predicted octanol–water partition coefficient (Wildman–Crippen LogP) is 4.96. The maximum absolute atomic E-state index is 12.8. The van der Waals surface area contributed by atoms with Crippen LogP contribution in [0.3, 0.4) is 0 Å². The lowest BCUT2D eigenvalue weighted by Gasteiger charge is -2.22. The molecule has 5 nitrogen and oxygen atoms in total. The van der Waals surface area contributed by atoms with Crippen LogP contribution in [-0.2, 0) is 4.79 Å². The fourth-order valence-electron chi connectivity index (χ4n) is 4.17. The lowest BCUT2D eigenvalue weighted by Crippen LogP contribution is -2.31. The number of likely N-dealkylation sites (N-methyl/N-ethyl adjacent to an activating group) is 1. The maximum atomic E-state index is 12.8. The molecular formula is C25H29ClN4O. The van der Waals surface area contributed by atoms with Gasteiger partial charge in [0.05, 0.1) is 10.7 Å². The molecule has 2 aromatic heterocycles. The summed E-state index contributed by atoms with van der Waals surface area (Å²) in [6.45, 7) is 6.09. The number of carbonyl (C=O) groups is 1. The molecule has 162 valence electrons. The molecule has 0 unspecified atom stereocenters. The quantitative estimate of drug-likeness (QED) is 0.512. The first-order valence-electron chi connectivity index (χ1n) is 10.8. The number of allylic oxidation sites excluding steroid dienone is 1. The number of benzene rings is 1. The fraction of sp³-hybridized carbons (Fsp3) is 0.360. The average molecular weight is 437 g/mol. The van der Waals surface area contributed by atoms with E-state index in [4.69, 9.17) is 11.6 Å². The van der Waals surface area contributed by atoms with E-state index in [0.717, 1.165) is 24.2 Å². The number of ketones is 1. The Balaban J connectivity index is 1.68. The molecule has 31 heavy (non-hydrogen) atoms. The highest BCUT2D eigenvalue weighted by Crippen LogP contribution is 2.28. The molecular weight excluding hydrogens is 408 g/mol. The molecule has 1 atom stereocenters. The molecule has 1 aromatic carbocycles. The van der Waals surface area contributed by atoms with E-state index < -0.39 is 0 Å². The van der Waals surface area contributed by atoms with E-state index in [1.165, 1.54) is 12.1 Å². The van der Waals surface area contributed by atoms with Gasteiger partial charge in [0.25, 0.3) is 0 Å². The standard InChI is InChI=1S/C25H29ClN4O/c1-5-24(31)21(23-16-30-11-6-7-22(26)25(30)27-23)14-18-8-9-19(13-17(18)2)29-12-10-20(15-29)28(3)4/h6-9,11,13-14,16,20H,5,10,12,15H2,1-4H3/b21-14-/t20-/m0/s1. The number of hydrogen-bond acceptors (Lipinski definition) is 4. The second-order valence-electron chi connectivity index (χ2n) is 8.44. The number of anilines is 1. The molecule has 1 aliphatic rings. The van der Waals surface area contributed by atoms with Gasteiger partial charge in [-0.05, 0) is 68.9 Å². The monoisotopic (exact) mass is 436 g/mol. The zero-order chi connectivity index (χ0) is 22.1. The first kappa shape index (κ1) is 21.6. The molecule has 0 radical (unpaired) electrons. The third-order valence-electron chi connectivity index (χ3n) is 6.14. The highest BCUT2D eigenvalue weighted by Gasteiger charge is 2.24. The van der Waals surface area contributed by atoms with Crippen molar-refractivity contribution in [1.82, 2.24) is 14.3 Å². The molecule has 3 heterocycles. The Morgan fingerprint density at radius 2 is 2.13 bits per heavy atom. The largest absolute Gasteiger partial charge is 0.370 e. The summed E-state index contributed by atoms with van der Waals surface area (Å²) in [6.07, 6.45) is 7.33. The molecule has 4 rings (SSSR count). The molecule has 3 aromatic rings. The molecule has 0 saturated carbocycles. The summed E-state index contributed by atoms with van der Waals surface area (Å²) < 4.78 is 1.86. The number of imidazole rings is 1. The third-order valence-corrected chi connectivity index (χ3v) is 6.44. The van der Waals surface area contributed by atoms with Crippen molar-refractivity contribution in [3.8, 4) is 0 Å². The summed E-state index contributed by atoms with van der Waals surface area (Å²) in [7, 11) is 4.29. The summed E-state index contributed by atoms with van der Waals surface area (Å²) in [4.78, 5) is 22.2. The Kier molecular flexibility index (Phi) is 6.17. The van der Waals surface area contributed by atoms with Crippen LogP contribution in [0.2, 0.25) is 5.02 Å². The fourth-order valence-corrected chi connectivity index (χ4v) is 4.38. The van der Waals surface area contributed by atoms with E-state index in [1.54, 1.807) is 6.07 Å². The summed E-state index contributed by atoms with van der Waals surface area (Å²) in [5, 5.41) is 0.569. The molecule has 1 saturated heterocycles. The number of halogens is 1. The van der Waals surface area contributed by atoms with Crippen LogP contribution >= 0.6 is 11.6 Å². The van der Waals surface area contributed by atoms with Gasteiger partial charge in [0.2, 0.25) is 0 Å². The number of carbonyl (C=O) groups excluding carboxylic acids is 1. The van der Waals surface area contributed by atoms with Crippen molar-refractivity contribution in [3.63, 3.8) is 0 Å². The van der Waals surface area contributed by atoms with Gasteiger partial charge in [-0.3, -0.25) is 4.79 Å². The average Bonchev–Trinajstić information content (AvgIpc) is 3.40. The summed E-state index contributed by atoms with van der Waals surface area (Å²) in [5.74, 6) is 0.0661. The van der Waals surface area contributed by atoms with Gasteiger partial charge in [-0.15, -0.1) is 0 Å². The van der Waals surface area contributed by atoms with E-state index in [1.807, 2.05) is 35.9 Å². The molecule has 1 fully saturated rings. The number of pyridine rings is 1. The van der Waals surface area contributed by atoms with E-state index >= 15 is 0 Å². The van der Waals surface area contributed by atoms with Crippen molar-refractivity contribution in [3.05, 3.63) is 64.6 Å². The molecule has 1 aliphatic heterocycles. The van der Waals surface area contributed by atoms with Gasteiger partial charge < -0.3 is 14.2 Å². The van der Waals surface area contributed by atoms with Crippen molar-refractivity contribution in [2.75, 3.05) is 32.1 Å². The lowest BCUT2D eigenvalue weighted by molar-refractivity contribution is -0.113. The minimum atomic E-state index is 0.0661. The zero-order valence-electron chi connectivity index (χ0n) is 18.6. The van der Waals surface area contributed by atoms with Gasteiger partial charge in [-0.2, -0.15) is 0 Å². The number of fused-ring (bicyclic) bond motifs is 1. The second-order valence-corrected chi connectivity index (χ2v) is 8.85. The molecule has 0 spiro atoms. The molecule has 0 amide bonds. The number of aromatic nitrogens is 2. The topological polar surface area (TPSA) is 40.9 Å². The number of Topliss-reactive ketones (excluding diaryl/α,β-unsaturated/α-hetero) is 1. The third kappa shape index (κ3) is 4.39. The Bertz CT molecular complexity index is 1150. The second kappa shape index (κ2) is 8.85. The van der Waals surface area contributed by atoms with Crippen molar-refractivity contribution >= 4 is 40.4 Å². The predicted molar refractivity (Wildman–Crippen MR) is 129 cm³/mol. The Hall–Kier alpha value is -2.63. The number of aryl methyl sites for hydroxylation is 1. The van der Waals surface area contributed by atoms with Gasteiger partial charge in [0.1, 0.15) is 0 Å². The maximum Gasteiger partial charge on any atom is 0.164 e. The first-order chi connectivity index (χ1) is 14.9. The number of rotatable bonds is 6. The van der Waals surface area contributed by atoms with Crippen molar-refractivity contribution in [2.45, 2.75) is 32.7 Å². The van der Waals surface area contributed by atoms with Crippen molar-refractivity contribution in [2.24, 2.45) is 0 Å². The normalized spacial score (nSPS) is 17.2. The van der Waals surface area contributed by atoms with E-state index in [0.29, 0.717) is 34.4 Å². The van der Waals surface area contributed by atoms with Gasteiger partial charge in [0, 0.05) is 49.2 Å². The lowest BCUT2D eigenvalue weighted by atomic mass is 9.99. The Morgan fingerprint density at radius 1 is 1.32 bits per heavy atom. The smallest absolute Gasteiger partial charge is 0.164 e. The molecule has 0 N–H and O–H groups in total. The van der Waals surface area contributed by atoms with Crippen LogP contribution in [0.25, 0.3) is 17.3 Å². The highest BCUT2D eigenvalue weighted by atomic mass is 35.5. The molecule has 6 heteroatoms. The van der Waals surface area contributed by atoms with Gasteiger partial charge in [-0.25, -0.2) is 4.98 Å². The summed E-state index contributed by atoms with van der Waals surface area (Å²) in [6, 6.07) is 10.8. The zero-order valence-corrected chi connectivity index (χ0v) is 19.4. The Morgan fingerprint density at radius 3 is 2.77 bits per heavy atom. The van der Waals surface area contributed by atoms with Crippen LogP contribution in [0.15, 0.2) is 42.7 Å². The van der Waals surface area contributed by atoms with Gasteiger partial charge in [-0.1, -0.05) is 24.6 Å². The minimum absolute atomic E-state index is 0.0661. The SMILES string of the molecule is CCC(=O)/C(=C\c1ccc(N2CC[C@H](N(C)C)C2)cc1C)c1cn2cccc(Cl)c2n1. The van der Waals surface area contributed by atoms with Crippen LogP contribution in [0.5, 0.6) is 0 Å². The van der Waals surface area contributed by atoms with E-state index in [9.17, 15) is 4.79 Å². The van der Waals surface area contributed by atoms with Crippen LogP contribution < -0.4 is 4.90 Å². The van der Waals surface area contributed by atoms with E-state index in [-0.39, 0.29) is 5.78 Å². The van der Waals surface area contributed by atoms with Crippen LogP contribution in [-0.4, -0.2) is 53.3 Å². The summed E-state index contributed by atoms with van der Waals surface area (Å²) >= 11 is 6.29.